The second kappa shape index (κ2) is 8.83. The van der Waals surface area contributed by atoms with Crippen molar-refractivity contribution in [3.63, 3.8) is 0 Å². The second-order valence-electron chi connectivity index (χ2n) is 10.1. The van der Waals surface area contributed by atoms with Gasteiger partial charge in [0.15, 0.2) is 0 Å². The lowest BCUT2D eigenvalue weighted by Gasteiger charge is -2.47. The van der Waals surface area contributed by atoms with Crippen LogP contribution in [0.15, 0.2) is 40.9 Å². The smallest absolute Gasteiger partial charge is 0.306 e. The van der Waals surface area contributed by atoms with Gasteiger partial charge in [-0.3, -0.25) is 4.79 Å². The predicted octanol–water partition coefficient (Wildman–Crippen LogP) is 5.55. The quantitative estimate of drug-likeness (QED) is 0.461. The lowest BCUT2D eigenvalue weighted by atomic mass is 9.72. The Morgan fingerprint density at radius 1 is 1.24 bits per heavy atom. The van der Waals surface area contributed by atoms with Crippen LogP contribution < -0.4 is 0 Å². The monoisotopic (exact) mass is 469 g/mol. The number of hydrogen-bond acceptors (Lipinski definition) is 5. The zero-order valence-electron chi connectivity index (χ0n) is 19.9. The van der Waals surface area contributed by atoms with E-state index < -0.39 is 17.5 Å². The third-order valence-corrected chi connectivity index (χ3v) is 7.85. The van der Waals surface area contributed by atoms with Gasteiger partial charge in [-0.15, -0.1) is 0 Å². The molecule has 1 aromatic carbocycles. The van der Waals surface area contributed by atoms with Crippen molar-refractivity contribution in [3.05, 3.63) is 48.1 Å². The predicted molar refractivity (Wildman–Crippen MR) is 126 cm³/mol. The van der Waals surface area contributed by atoms with Crippen LogP contribution in [0.3, 0.4) is 0 Å². The van der Waals surface area contributed by atoms with E-state index >= 15 is 0 Å². The zero-order chi connectivity index (χ0) is 24.0. The number of fused-ring (bicyclic) bond motifs is 2. The van der Waals surface area contributed by atoms with Crippen LogP contribution in [0, 0.1) is 17.8 Å². The molecule has 0 spiro atoms. The number of carboxylic acid groups (broad SMARTS) is 1. The third kappa shape index (κ3) is 3.93. The van der Waals surface area contributed by atoms with E-state index in [1.165, 1.54) is 6.07 Å². The maximum Gasteiger partial charge on any atom is 0.306 e. The molecule has 34 heavy (non-hydrogen) atoms. The molecule has 3 atom stereocenters. The number of aliphatic carboxylic acids is 1. The van der Waals surface area contributed by atoms with Gasteiger partial charge in [0.05, 0.1) is 11.5 Å². The summed E-state index contributed by atoms with van der Waals surface area (Å²) in [5.74, 6) is -0.395. The minimum absolute atomic E-state index is 0.103. The van der Waals surface area contributed by atoms with E-state index in [0.29, 0.717) is 5.76 Å². The Kier molecular flexibility index (Phi) is 6.00. The number of piperidine rings is 1. The first-order valence-corrected chi connectivity index (χ1v) is 12.0. The van der Waals surface area contributed by atoms with Crippen LogP contribution in [-0.2, 0) is 15.3 Å². The molecule has 3 heterocycles. The Balaban J connectivity index is 1.43. The Labute approximate surface area is 198 Å². The summed E-state index contributed by atoms with van der Waals surface area (Å²) in [7, 11) is 1.91. The maximum absolute atomic E-state index is 13.6. The van der Waals surface area contributed by atoms with Crippen molar-refractivity contribution in [2.45, 2.75) is 57.5 Å². The molecule has 2 fully saturated rings. The molecular formula is C26H32FN3O4. The van der Waals surface area contributed by atoms with Crippen molar-refractivity contribution in [1.29, 1.82) is 0 Å². The van der Waals surface area contributed by atoms with Gasteiger partial charge < -0.3 is 14.5 Å². The zero-order valence-corrected chi connectivity index (χ0v) is 19.9. The lowest BCUT2D eigenvalue weighted by Crippen LogP contribution is -2.54. The summed E-state index contributed by atoms with van der Waals surface area (Å²) in [6, 6.07) is 8.29. The normalized spacial score (nSPS) is 24.0. The van der Waals surface area contributed by atoms with Crippen molar-refractivity contribution in [2.24, 2.45) is 11.8 Å². The number of benzene rings is 1. The minimum Gasteiger partial charge on any atom is -0.481 e. The van der Waals surface area contributed by atoms with Crippen molar-refractivity contribution in [3.8, 4) is 11.3 Å². The summed E-state index contributed by atoms with van der Waals surface area (Å²) in [6.45, 7) is 4.94. The van der Waals surface area contributed by atoms with Crippen molar-refractivity contribution >= 4 is 16.9 Å². The standard InChI is InChI=1S/C26H32FN3O4/c1-26(2,19-15-28-20-10-4-8-18(24(19)20)22-12-13-23(27)33-22)29(3)34-30-14-6-9-16-17(25(31)32)7-5-11-21(16)30/h4,8,10,12-13,15-17,21,28H,5-7,9,11,14H2,1-3H3,(H,31,32). The topological polar surface area (TPSA) is 81.9 Å². The van der Waals surface area contributed by atoms with Crippen molar-refractivity contribution in [1.82, 2.24) is 15.1 Å². The van der Waals surface area contributed by atoms with Crippen molar-refractivity contribution < 1.29 is 23.6 Å². The molecule has 8 heteroatoms. The maximum atomic E-state index is 13.6. The highest BCUT2D eigenvalue weighted by Gasteiger charge is 2.44. The van der Waals surface area contributed by atoms with E-state index in [-0.39, 0.29) is 17.9 Å². The number of carbonyl (C=O) groups is 1. The highest BCUT2D eigenvalue weighted by atomic mass is 19.1. The molecule has 2 N–H and O–H groups in total. The van der Waals surface area contributed by atoms with E-state index in [2.05, 4.69) is 18.8 Å². The molecule has 0 radical (unpaired) electrons. The number of furan rings is 1. The number of rotatable bonds is 6. The van der Waals surface area contributed by atoms with Gasteiger partial charge in [0.1, 0.15) is 5.76 Å². The Morgan fingerprint density at radius 2 is 2.06 bits per heavy atom. The number of carboxylic acids is 1. The molecule has 7 nitrogen and oxygen atoms in total. The first kappa shape index (κ1) is 23.1. The number of aromatic amines is 1. The number of aromatic nitrogens is 1. The van der Waals surface area contributed by atoms with Gasteiger partial charge in [-0.05, 0) is 57.6 Å². The van der Waals surface area contributed by atoms with Gasteiger partial charge in [-0.25, -0.2) is 4.94 Å². The van der Waals surface area contributed by atoms with Crippen LogP contribution in [0.1, 0.15) is 51.5 Å². The molecule has 1 aliphatic carbocycles. The van der Waals surface area contributed by atoms with E-state index in [1.54, 1.807) is 6.07 Å². The average molecular weight is 470 g/mol. The SMILES string of the molecule is CN(ON1CCCC2C(C(=O)O)CCCC21)C(C)(C)c1c[nH]c2cccc(-c3ccc(F)o3)c12. The molecule has 0 bridgehead atoms. The summed E-state index contributed by atoms with van der Waals surface area (Å²) < 4.78 is 18.9. The van der Waals surface area contributed by atoms with E-state index in [9.17, 15) is 14.3 Å². The number of nitrogens with zero attached hydrogens (tertiary/aromatic N) is 2. The molecule has 0 amide bonds. The van der Waals surface area contributed by atoms with Crippen LogP contribution >= 0.6 is 0 Å². The molecule has 3 unspecified atom stereocenters. The van der Waals surface area contributed by atoms with Gasteiger partial charge in [0.25, 0.3) is 6.01 Å². The van der Waals surface area contributed by atoms with Crippen molar-refractivity contribution in [2.75, 3.05) is 13.6 Å². The molecule has 1 saturated carbocycles. The summed E-state index contributed by atoms with van der Waals surface area (Å²) in [6.07, 6.45) is 6.41. The molecule has 2 aliphatic rings. The first-order chi connectivity index (χ1) is 16.3. The van der Waals surface area contributed by atoms with Gasteiger partial charge in [-0.2, -0.15) is 14.5 Å². The molecule has 3 aromatic rings. The number of H-pyrrole nitrogens is 1. The Hall–Kier alpha value is -2.68. The molecular weight excluding hydrogens is 437 g/mol. The summed E-state index contributed by atoms with van der Waals surface area (Å²) >= 11 is 0. The van der Waals surface area contributed by atoms with Crippen LogP contribution in [0.4, 0.5) is 4.39 Å². The van der Waals surface area contributed by atoms with Crippen LogP contribution in [-0.4, -0.2) is 45.8 Å². The summed E-state index contributed by atoms with van der Waals surface area (Å²) in [5.41, 5.74) is 2.19. The number of halogens is 1. The lowest BCUT2D eigenvalue weighted by molar-refractivity contribution is -0.373. The summed E-state index contributed by atoms with van der Waals surface area (Å²) in [5, 5.41) is 14.5. The molecule has 5 rings (SSSR count). The van der Waals surface area contributed by atoms with Gasteiger partial charge in [-0.1, -0.05) is 18.6 Å². The minimum atomic E-state index is -0.689. The average Bonchev–Trinajstić information content (AvgIpc) is 3.45. The molecule has 2 aromatic heterocycles. The van der Waals surface area contributed by atoms with Gasteiger partial charge in [0.2, 0.25) is 0 Å². The van der Waals surface area contributed by atoms with E-state index in [0.717, 1.165) is 60.7 Å². The summed E-state index contributed by atoms with van der Waals surface area (Å²) in [4.78, 5) is 21.6. The largest absolute Gasteiger partial charge is 0.481 e. The van der Waals surface area contributed by atoms with Crippen LogP contribution in [0.2, 0.25) is 0 Å². The fraction of sp³-hybridized carbons (Fsp3) is 0.500. The molecule has 182 valence electrons. The molecule has 1 saturated heterocycles. The van der Waals surface area contributed by atoms with E-state index in [1.807, 2.05) is 41.6 Å². The fourth-order valence-electron chi connectivity index (χ4n) is 5.81. The third-order valence-electron chi connectivity index (χ3n) is 7.85. The highest BCUT2D eigenvalue weighted by molar-refractivity contribution is 5.97. The number of hydrogen-bond donors (Lipinski definition) is 2. The fourth-order valence-corrected chi connectivity index (χ4v) is 5.81. The van der Waals surface area contributed by atoms with Gasteiger partial charge >= 0.3 is 5.97 Å². The van der Waals surface area contributed by atoms with E-state index in [4.69, 9.17) is 9.36 Å². The van der Waals surface area contributed by atoms with Gasteiger partial charge in [0, 0.05) is 53.9 Å². The number of nitrogens with one attached hydrogen (secondary N) is 1. The highest BCUT2D eigenvalue weighted by Crippen LogP contribution is 2.42. The second-order valence-corrected chi connectivity index (χ2v) is 10.1. The molecule has 1 aliphatic heterocycles. The Morgan fingerprint density at radius 3 is 2.79 bits per heavy atom. The first-order valence-electron chi connectivity index (χ1n) is 12.0. The van der Waals surface area contributed by atoms with Crippen LogP contribution in [0.25, 0.3) is 22.2 Å². The number of hydroxylamine groups is 4. The Bertz CT molecular complexity index is 1190. The van der Waals surface area contributed by atoms with Crippen LogP contribution in [0.5, 0.6) is 0 Å².